The van der Waals surface area contributed by atoms with Gasteiger partial charge in [-0.2, -0.15) is 5.10 Å². The lowest BCUT2D eigenvalue weighted by Gasteiger charge is -2.24. The van der Waals surface area contributed by atoms with E-state index < -0.39 is 0 Å². The highest BCUT2D eigenvalue weighted by molar-refractivity contribution is 14.0. The van der Waals surface area contributed by atoms with Crippen LogP contribution in [-0.2, 0) is 13.0 Å². The summed E-state index contributed by atoms with van der Waals surface area (Å²) >= 11 is 0. The number of nitrogens with zero attached hydrogens (tertiary/aromatic N) is 4. The summed E-state index contributed by atoms with van der Waals surface area (Å²) in [6.45, 7) is 3.64. The minimum atomic E-state index is 0. The number of nitrogens with one attached hydrogen (secondary N) is 2. The lowest BCUT2D eigenvalue weighted by molar-refractivity contribution is 0.397. The van der Waals surface area contributed by atoms with Gasteiger partial charge in [-0.15, -0.1) is 24.0 Å². The number of fused-ring (bicyclic) bond motifs is 1. The highest BCUT2D eigenvalue weighted by Crippen LogP contribution is 2.22. The molecule has 0 saturated carbocycles. The van der Waals surface area contributed by atoms with Crippen molar-refractivity contribution in [2.45, 2.75) is 38.8 Å². The van der Waals surface area contributed by atoms with Crippen molar-refractivity contribution in [1.82, 2.24) is 25.4 Å². The molecule has 0 saturated heterocycles. The number of guanidine groups is 1. The first-order valence-electron chi connectivity index (χ1n) is 7.67. The Kier molecular flexibility index (Phi) is 6.43. The maximum Gasteiger partial charge on any atom is 0.191 e. The van der Waals surface area contributed by atoms with E-state index >= 15 is 0 Å². The zero-order valence-electron chi connectivity index (χ0n) is 13.5. The molecular weight excluding hydrogens is 407 g/mol. The van der Waals surface area contributed by atoms with Gasteiger partial charge in [0.2, 0.25) is 0 Å². The van der Waals surface area contributed by atoms with Gasteiger partial charge in [0.15, 0.2) is 5.96 Å². The van der Waals surface area contributed by atoms with E-state index in [-0.39, 0.29) is 30.0 Å². The summed E-state index contributed by atoms with van der Waals surface area (Å²) in [6, 6.07) is 4.04. The van der Waals surface area contributed by atoms with Gasteiger partial charge in [0, 0.05) is 26.6 Å². The third-order valence-corrected chi connectivity index (χ3v) is 3.76. The Morgan fingerprint density at radius 2 is 2.39 bits per heavy atom. The fourth-order valence-corrected chi connectivity index (χ4v) is 2.72. The first-order valence-corrected chi connectivity index (χ1v) is 7.67. The van der Waals surface area contributed by atoms with Crippen LogP contribution in [0.4, 0.5) is 0 Å². The third kappa shape index (κ3) is 4.46. The van der Waals surface area contributed by atoms with E-state index in [1.165, 1.54) is 0 Å². The van der Waals surface area contributed by atoms with E-state index in [9.17, 15) is 0 Å². The van der Waals surface area contributed by atoms with Gasteiger partial charge in [-0.1, -0.05) is 0 Å². The topological polar surface area (TPSA) is 80.3 Å². The summed E-state index contributed by atoms with van der Waals surface area (Å²) in [7, 11) is 1.78. The van der Waals surface area contributed by atoms with Crippen LogP contribution in [0, 0.1) is 6.92 Å². The summed E-state index contributed by atoms with van der Waals surface area (Å²) in [5.74, 6) is 3.57. The van der Waals surface area contributed by atoms with Crippen molar-refractivity contribution in [3.63, 3.8) is 0 Å². The van der Waals surface area contributed by atoms with Gasteiger partial charge in [0.1, 0.15) is 17.4 Å². The number of aromatic nitrogens is 3. The molecule has 0 radical (unpaired) electrons. The van der Waals surface area contributed by atoms with Crippen LogP contribution < -0.4 is 10.6 Å². The lowest BCUT2D eigenvalue weighted by atomic mass is 10.1. The quantitative estimate of drug-likeness (QED) is 0.441. The summed E-state index contributed by atoms with van der Waals surface area (Å²) in [5, 5.41) is 11.2. The van der Waals surface area contributed by atoms with Crippen LogP contribution in [0.5, 0.6) is 0 Å². The Bertz CT molecular complexity index is 636. The van der Waals surface area contributed by atoms with E-state index in [2.05, 4.69) is 25.7 Å². The summed E-state index contributed by atoms with van der Waals surface area (Å²) < 4.78 is 7.32. The average Bonchev–Trinajstić information content (AvgIpc) is 3.15. The van der Waals surface area contributed by atoms with Crippen LogP contribution in [0.1, 0.15) is 36.3 Å². The Balaban J connectivity index is 0.00000192. The molecule has 2 aromatic rings. The zero-order chi connectivity index (χ0) is 15.4. The van der Waals surface area contributed by atoms with Crippen molar-refractivity contribution in [3.05, 3.63) is 35.8 Å². The van der Waals surface area contributed by atoms with Crippen molar-refractivity contribution in [2.75, 3.05) is 13.6 Å². The SMILES string of the molecule is CN=C(NCCc1ccco1)NC1CCCn2nc(C)nc21.I. The summed E-state index contributed by atoms with van der Waals surface area (Å²) in [6.07, 6.45) is 4.65. The van der Waals surface area contributed by atoms with E-state index in [1.807, 2.05) is 23.7 Å². The second kappa shape index (κ2) is 8.32. The Morgan fingerprint density at radius 3 is 3.13 bits per heavy atom. The monoisotopic (exact) mass is 430 g/mol. The maximum atomic E-state index is 5.33. The van der Waals surface area contributed by atoms with Crippen molar-refractivity contribution < 1.29 is 4.42 Å². The van der Waals surface area contributed by atoms with Gasteiger partial charge in [0.25, 0.3) is 0 Å². The molecule has 0 fully saturated rings. The summed E-state index contributed by atoms with van der Waals surface area (Å²) in [5.41, 5.74) is 0. The molecule has 0 amide bonds. The number of furan rings is 1. The minimum absolute atomic E-state index is 0. The number of hydrogen-bond donors (Lipinski definition) is 2. The summed E-state index contributed by atoms with van der Waals surface area (Å²) in [4.78, 5) is 8.82. The molecule has 3 heterocycles. The van der Waals surface area contributed by atoms with Crippen LogP contribution in [0.2, 0.25) is 0 Å². The van der Waals surface area contributed by atoms with Crippen LogP contribution in [0.15, 0.2) is 27.8 Å². The third-order valence-electron chi connectivity index (χ3n) is 3.76. The standard InChI is InChI=1S/C15H22N6O.HI/c1-11-18-14-13(6-3-9-21(14)20-11)19-15(16-2)17-8-7-12-5-4-10-22-12;/h4-5,10,13H,3,6-9H2,1-2H3,(H2,16,17,19);1H. The molecule has 0 aromatic carbocycles. The van der Waals surface area contributed by atoms with Crippen molar-refractivity contribution in [3.8, 4) is 0 Å². The van der Waals surface area contributed by atoms with Gasteiger partial charge < -0.3 is 15.1 Å². The minimum Gasteiger partial charge on any atom is -0.469 e. The Hall–Kier alpha value is -1.58. The smallest absolute Gasteiger partial charge is 0.191 e. The fraction of sp³-hybridized carbons (Fsp3) is 0.533. The molecule has 23 heavy (non-hydrogen) atoms. The predicted octanol–water partition coefficient (Wildman–Crippen LogP) is 2.04. The highest BCUT2D eigenvalue weighted by Gasteiger charge is 2.24. The fourth-order valence-electron chi connectivity index (χ4n) is 2.72. The second-order valence-electron chi connectivity index (χ2n) is 5.41. The first kappa shape index (κ1) is 17.8. The van der Waals surface area contributed by atoms with Gasteiger partial charge >= 0.3 is 0 Å². The molecule has 1 aliphatic rings. The van der Waals surface area contributed by atoms with E-state index in [4.69, 9.17) is 4.42 Å². The molecule has 2 N–H and O–H groups in total. The molecule has 3 rings (SSSR count). The molecule has 0 bridgehead atoms. The molecular formula is C15H23IN6O. The van der Waals surface area contributed by atoms with Crippen LogP contribution in [-0.4, -0.2) is 34.3 Å². The normalized spacial score (nSPS) is 17.3. The Morgan fingerprint density at radius 1 is 1.52 bits per heavy atom. The van der Waals surface area contributed by atoms with E-state index in [0.29, 0.717) is 0 Å². The van der Waals surface area contributed by atoms with Gasteiger partial charge in [-0.25, -0.2) is 9.67 Å². The molecule has 0 spiro atoms. The van der Waals surface area contributed by atoms with Crippen LogP contribution in [0.25, 0.3) is 0 Å². The number of rotatable bonds is 4. The number of aliphatic imine (C=N–C) groups is 1. The number of aryl methyl sites for hydroxylation is 2. The average molecular weight is 430 g/mol. The van der Waals surface area contributed by atoms with Gasteiger partial charge in [-0.05, 0) is 31.9 Å². The highest BCUT2D eigenvalue weighted by atomic mass is 127. The van der Waals surface area contributed by atoms with E-state index in [0.717, 1.165) is 55.7 Å². The molecule has 8 heteroatoms. The molecule has 7 nitrogen and oxygen atoms in total. The Labute approximate surface area is 153 Å². The van der Waals surface area contributed by atoms with Gasteiger partial charge in [0.05, 0.1) is 12.3 Å². The van der Waals surface area contributed by atoms with Crippen LogP contribution >= 0.6 is 24.0 Å². The van der Waals surface area contributed by atoms with Crippen molar-refractivity contribution >= 4 is 29.9 Å². The molecule has 0 aliphatic carbocycles. The largest absolute Gasteiger partial charge is 0.469 e. The molecule has 1 unspecified atom stereocenters. The lowest BCUT2D eigenvalue weighted by Crippen LogP contribution is -2.42. The molecule has 1 aliphatic heterocycles. The number of hydrogen-bond acceptors (Lipinski definition) is 4. The van der Waals surface area contributed by atoms with Gasteiger partial charge in [-0.3, -0.25) is 4.99 Å². The van der Waals surface area contributed by atoms with Crippen molar-refractivity contribution in [2.24, 2.45) is 4.99 Å². The zero-order valence-corrected chi connectivity index (χ0v) is 15.8. The van der Waals surface area contributed by atoms with Crippen LogP contribution in [0.3, 0.4) is 0 Å². The molecule has 1 atom stereocenters. The maximum absolute atomic E-state index is 5.33. The van der Waals surface area contributed by atoms with E-state index in [1.54, 1.807) is 13.3 Å². The predicted molar refractivity (Wildman–Crippen MR) is 99.1 cm³/mol. The first-order chi connectivity index (χ1) is 10.8. The molecule has 2 aromatic heterocycles. The van der Waals surface area contributed by atoms with Crippen molar-refractivity contribution in [1.29, 1.82) is 0 Å². The number of halogens is 1. The molecule has 126 valence electrons. The second-order valence-corrected chi connectivity index (χ2v) is 5.41.